The molecule has 1 unspecified atom stereocenters. The Balaban J connectivity index is 1.67. The van der Waals surface area contributed by atoms with Gasteiger partial charge in [0, 0.05) is 31.5 Å². The summed E-state index contributed by atoms with van der Waals surface area (Å²) in [6.45, 7) is 5.26. The van der Waals surface area contributed by atoms with E-state index in [9.17, 15) is 0 Å². The quantitative estimate of drug-likeness (QED) is 0.726. The Labute approximate surface area is 130 Å². The monoisotopic (exact) mass is 292 g/mol. The molecular formula is C18H20N4. The van der Waals surface area contributed by atoms with E-state index in [-0.39, 0.29) is 0 Å². The number of benzene rings is 1. The van der Waals surface area contributed by atoms with Crippen LogP contribution in [0.3, 0.4) is 0 Å². The summed E-state index contributed by atoms with van der Waals surface area (Å²) in [7, 11) is 0. The Morgan fingerprint density at radius 3 is 2.82 bits per heavy atom. The van der Waals surface area contributed by atoms with Crippen molar-refractivity contribution in [3.8, 4) is 0 Å². The van der Waals surface area contributed by atoms with Crippen LogP contribution in [0.15, 0.2) is 48.8 Å². The molecule has 0 saturated carbocycles. The van der Waals surface area contributed by atoms with E-state index in [2.05, 4.69) is 57.8 Å². The summed E-state index contributed by atoms with van der Waals surface area (Å²) in [4.78, 5) is 11.4. The fourth-order valence-corrected chi connectivity index (χ4v) is 3.36. The Morgan fingerprint density at radius 1 is 1.14 bits per heavy atom. The second-order valence-corrected chi connectivity index (χ2v) is 6.09. The maximum Gasteiger partial charge on any atom is 0.124 e. The summed E-state index contributed by atoms with van der Waals surface area (Å²) in [6.07, 6.45) is 4.88. The summed E-state index contributed by atoms with van der Waals surface area (Å²) < 4.78 is 2.42. The maximum atomic E-state index is 4.86. The number of pyridine rings is 1. The first-order valence-corrected chi connectivity index (χ1v) is 7.88. The van der Waals surface area contributed by atoms with Gasteiger partial charge in [-0.3, -0.25) is 9.88 Å². The first kappa shape index (κ1) is 13.5. The van der Waals surface area contributed by atoms with Gasteiger partial charge in [-0.1, -0.05) is 12.1 Å². The van der Waals surface area contributed by atoms with Crippen molar-refractivity contribution in [2.24, 2.45) is 0 Å². The molecule has 0 aliphatic carbocycles. The van der Waals surface area contributed by atoms with Gasteiger partial charge in [-0.2, -0.15) is 0 Å². The number of imidazole rings is 1. The second kappa shape index (κ2) is 5.54. The van der Waals surface area contributed by atoms with E-state index in [1.165, 1.54) is 16.9 Å². The van der Waals surface area contributed by atoms with E-state index < -0.39 is 0 Å². The number of nitrogens with zero attached hydrogens (tertiary/aromatic N) is 4. The fraction of sp³-hybridized carbons (Fsp3) is 0.333. The minimum absolute atomic E-state index is 0.491. The largest absolute Gasteiger partial charge is 0.324 e. The van der Waals surface area contributed by atoms with Crippen molar-refractivity contribution in [3.05, 3.63) is 60.2 Å². The number of hydrogen-bond donors (Lipinski definition) is 0. The molecule has 0 bridgehead atoms. The molecule has 4 heteroatoms. The maximum absolute atomic E-state index is 4.86. The van der Waals surface area contributed by atoms with E-state index >= 15 is 0 Å². The molecule has 0 saturated heterocycles. The minimum Gasteiger partial charge on any atom is -0.324 e. The summed E-state index contributed by atoms with van der Waals surface area (Å²) in [5.41, 5.74) is 3.68. The van der Waals surface area contributed by atoms with Crippen LogP contribution in [0.25, 0.3) is 11.0 Å². The van der Waals surface area contributed by atoms with Gasteiger partial charge in [0.1, 0.15) is 5.82 Å². The standard InChI is InChI=1S/C18H20N4/c1-14-8-11-21(12-15-6-9-19-10-7-15)13-18-20-16-4-2-3-5-17(16)22(14)18/h2-7,9-10,14H,8,11-13H2,1H3. The Morgan fingerprint density at radius 2 is 1.95 bits per heavy atom. The molecule has 0 amide bonds. The van der Waals surface area contributed by atoms with Crippen molar-refractivity contribution in [1.82, 2.24) is 19.4 Å². The summed E-state index contributed by atoms with van der Waals surface area (Å²) >= 11 is 0. The predicted molar refractivity (Wildman–Crippen MR) is 87.4 cm³/mol. The van der Waals surface area contributed by atoms with Crippen molar-refractivity contribution in [2.45, 2.75) is 32.5 Å². The fourth-order valence-electron chi connectivity index (χ4n) is 3.36. The van der Waals surface area contributed by atoms with Crippen LogP contribution in [0.4, 0.5) is 0 Å². The highest BCUT2D eigenvalue weighted by molar-refractivity contribution is 5.76. The summed E-state index contributed by atoms with van der Waals surface area (Å²) in [6, 6.07) is 13.1. The first-order chi connectivity index (χ1) is 10.8. The molecule has 112 valence electrons. The zero-order valence-corrected chi connectivity index (χ0v) is 12.8. The molecule has 0 radical (unpaired) electrons. The van der Waals surface area contributed by atoms with E-state index in [0.29, 0.717) is 6.04 Å². The molecule has 3 heterocycles. The lowest BCUT2D eigenvalue weighted by molar-refractivity contribution is 0.255. The van der Waals surface area contributed by atoms with Gasteiger partial charge in [0.2, 0.25) is 0 Å². The van der Waals surface area contributed by atoms with Gasteiger partial charge in [-0.15, -0.1) is 0 Å². The highest BCUT2D eigenvalue weighted by Crippen LogP contribution is 2.27. The topological polar surface area (TPSA) is 34.0 Å². The normalized spacial score (nSPS) is 19.0. The number of para-hydroxylation sites is 2. The highest BCUT2D eigenvalue weighted by Gasteiger charge is 2.22. The SMILES string of the molecule is CC1CCN(Cc2ccncc2)Cc2nc3ccccc3n21. The Hall–Kier alpha value is -2.20. The van der Waals surface area contributed by atoms with E-state index in [1.807, 2.05) is 12.4 Å². The third-order valence-electron chi connectivity index (χ3n) is 4.49. The molecule has 0 N–H and O–H groups in total. The molecule has 4 nitrogen and oxygen atoms in total. The van der Waals surface area contributed by atoms with Gasteiger partial charge in [-0.05, 0) is 43.2 Å². The smallest absolute Gasteiger partial charge is 0.124 e. The molecule has 1 atom stereocenters. The molecule has 0 spiro atoms. The van der Waals surface area contributed by atoms with E-state index in [4.69, 9.17) is 4.98 Å². The van der Waals surface area contributed by atoms with Crippen molar-refractivity contribution < 1.29 is 0 Å². The molecule has 22 heavy (non-hydrogen) atoms. The molecule has 1 aliphatic heterocycles. The first-order valence-electron chi connectivity index (χ1n) is 7.88. The molecule has 1 aromatic carbocycles. The molecular weight excluding hydrogens is 272 g/mol. The zero-order valence-electron chi connectivity index (χ0n) is 12.8. The molecule has 2 aromatic heterocycles. The zero-order chi connectivity index (χ0) is 14.9. The summed E-state index contributed by atoms with van der Waals surface area (Å²) in [5.74, 6) is 1.18. The summed E-state index contributed by atoms with van der Waals surface area (Å²) in [5, 5.41) is 0. The number of fused-ring (bicyclic) bond motifs is 3. The molecule has 4 rings (SSSR count). The van der Waals surface area contributed by atoms with Crippen LogP contribution in [0.5, 0.6) is 0 Å². The Kier molecular flexibility index (Phi) is 3.39. The highest BCUT2D eigenvalue weighted by atomic mass is 15.2. The van der Waals surface area contributed by atoms with Gasteiger partial charge >= 0.3 is 0 Å². The lowest BCUT2D eigenvalue weighted by atomic mass is 10.2. The van der Waals surface area contributed by atoms with Crippen LogP contribution in [-0.2, 0) is 13.1 Å². The van der Waals surface area contributed by atoms with Gasteiger partial charge in [-0.25, -0.2) is 4.98 Å². The van der Waals surface area contributed by atoms with Crippen LogP contribution in [0, 0.1) is 0 Å². The predicted octanol–water partition coefficient (Wildman–Crippen LogP) is 3.40. The van der Waals surface area contributed by atoms with Gasteiger partial charge in [0.25, 0.3) is 0 Å². The average Bonchev–Trinajstić information content (AvgIpc) is 2.83. The van der Waals surface area contributed by atoms with Crippen LogP contribution in [0.2, 0.25) is 0 Å². The average molecular weight is 292 g/mol. The number of hydrogen-bond acceptors (Lipinski definition) is 3. The number of rotatable bonds is 2. The third-order valence-corrected chi connectivity index (χ3v) is 4.49. The van der Waals surface area contributed by atoms with E-state index in [0.717, 1.165) is 31.6 Å². The van der Waals surface area contributed by atoms with Gasteiger partial charge < -0.3 is 4.57 Å². The molecule has 3 aromatic rings. The van der Waals surface area contributed by atoms with Gasteiger partial charge in [0.05, 0.1) is 17.6 Å². The lowest BCUT2D eigenvalue weighted by Gasteiger charge is -2.19. The second-order valence-electron chi connectivity index (χ2n) is 6.09. The van der Waals surface area contributed by atoms with Crippen molar-refractivity contribution >= 4 is 11.0 Å². The third kappa shape index (κ3) is 2.40. The number of aromatic nitrogens is 3. The van der Waals surface area contributed by atoms with Crippen molar-refractivity contribution in [2.75, 3.05) is 6.54 Å². The molecule has 1 aliphatic rings. The van der Waals surface area contributed by atoms with Crippen LogP contribution in [0.1, 0.15) is 30.8 Å². The van der Waals surface area contributed by atoms with Crippen LogP contribution < -0.4 is 0 Å². The minimum atomic E-state index is 0.491. The Bertz CT molecular complexity index is 778. The molecule has 0 fully saturated rings. The lowest BCUT2D eigenvalue weighted by Crippen LogP contribution is -2.23. The van der Waals surface area contributed by atoms with Crippen LogP contribution in [-0.4, -0.2) is 26.0 Å². The van der Waals surface area contributed by atoms with Gasteiger partial charge in [0.15, 0.2) is 0 Å². The van der Waals surface area contributed by atoms with Crippen LogP contribution >= 0.6 is 0 Å². The van der Waals surface area contributed by atoms with E-state index in [1.54, 1.807) is 0 Å². The van der Waals surface area contributed by atoms with Crippen molar-refractivity contribution in [3.63, 3.8) is 0 Å². The van der Waals surface area contributed by atoms with Crippen molar-refractivity contribution in [1.29, 1.82) is 0 Å².